The third-order valence-electron chi connectivity index (χ3n) is 4.97. The molecule has 1 rings (SSSR count). The van der Waals surface area contributed by atoms with Crippen LogP contribution in [0.4, 0.5) is 0 Å². The zero-order chi connectivity index (χ0) is 16.0. The van der Waals surface area contributed by atoms with Crippen LogP contribution in [-0.4, -0.2) is 29.1 Å². The van der Waals surface area contributed by atoms with Crippen LogP contribution in [0.2, 0.25) is 0 Å². The summed E-state index contributed by atoms with van der Waals surface area (Å²) in [4.78, 5) is 15.0. The van der Waals surface area contributed by atoms with Gasteiger partial charge >= 0.3 is 0 Å². The lowest BCUT2D eigenvalue weighted by molar-refractivity contribution is -0.133. The molecule has 1 heterocycles. The Hall–Kier alpha value is -0.570. The first kappa shape index (κ1) is 18.5. The van der Waals surface area contributed by atoms with Gasteiger partial charge in [-0.2, -0.15) is 0 Å². The summed E-state index contributed by atoms with van der Waals surface area (Å²) in [6.07, 6.45) is 7.48. The second-order valence-electron chi connectivity index (χ2n) is 7.16. The van der Waals surface area contributed by atoms with Gasteiger partial charge in [0.1, 0.15) is 0 Å². The Labute approximate surface area is 131 Å². The maximum Gasteiger partial charge on any atom is 0.241 e. The molecule has 4 atom stereocenters. The highest BCUT2D eigenvalue weighted by Crippen LogP contribution is 2.27. The Morgan fingerprint density at radius 1 is 1.10 bits per heavy atom. The van der Waals surface area contributed by atoms with Crippen molar-refractivity contribution in [1.29, 1.82) is 0 Å². The SMILES string of the molecule is CCCCCCC(C)N1C(=O)C(C(C)CC)NC1C(C)C. The molecule has 1 amide bonds. The lowest BCUT2D eigenvalue weighted by atomic mass is 9.99. The molecule has 0 aromatic rings. The standard InChI is InChI=1S/C18H36N2O/c1-7-9-10-11-12-15(6)20-17(13(3)4)19-16(18(20)21)14(5)8-2/h13-17,19H,7-12H2,1-6H3. The number of nitrogens with zero attached hydrogens (tertiary/aromatic N) is 1. The van der Waals surface area contributed by atoms with Gasteiger partial charge in [-0.3, -0.25) is 10.1 Å². The Morgan fingerprint density at radius 3 is 2.29 bits per heavy atom. The number of nitrogens with one attached hydrogen (secondary N) is 1. The average Bonchev–Trinajstić information content (AvgIpc) is 2.80. The fourth-order valence-corrected chi connectivity index (χ4v) is 3.29. The first-order chi connectivity index (χ1) is 9.93. The van der Waals surface area contributed by atoms with Crippen molar-refractivity contribution in [3.63, 3.8) is 0 Å². The Bertz CT molecular complexity index is 316. The van der Waals surface area contributed by atoms with Crippen LogP contribution in [0.1, 0.15) is 80.1 Å². The molecular formula is C18H36N2O. The van der Waals surface area contributed by atoms with Gasteiger partial charge in [0.05, 0.1) is 12.2 Å². The molecule has 1 aliphatic rings. The summed E-state index contributed by atoms with van der Waals surface area (Å²) in [5, 5.41) is 3.60. The molecule has 0 aliphatic carbocycles. The van der Waals surface area contributed by atoms with Crippen LogP contribution < -0.4 is 5.32 Å². The second-order valence-corrected chi connectivity index (χ2v) is 7.16. The Morgan fingerprint density at radius 2 is 1.76 bits per heavy atom. The molecule has 0 radical (unpaired) electrons. The molecule has 1 saturated heterocycles. The number of carbonyl (C=O) groups excluding carboxylic acids is 1. The van der Waals surface area contributed by atoms with Crippen molar-refractivity contribution < 1.29 is 4.79 Å². The zero-order valence-electron chi connectivity index (χ0n) is 15.0. The van der Waals surface area contributed by atoms with Crippen LogP contribution in [0.25, 0.3) is 0 Å². The van der Waals surface area contributed by atoms with Gasteiger partial charge in [-0.1, -0.05) is 66.7 Å². The third-order valence-corrected chi connectivity index (χ3v) is 4.97. The Kier molecular flexibility index (Phi) is 7.72. The molecule has 1 fully saturated rings. The van der Waals surface area contributed by atoms with E-state index in [4.69, 9.17) is 0 Å². The molecule has 1 aliphatic heterocycles. The fourth-order valence-electron chi connectivity index (χ4n) is 3.29. The van der Waals surface area contributed by atoms with Gasteiger partial charge in [0, 0.05) is 6.04 Å². The minimum absolute atomic E-state index is 0.0143. The molecule has 1 N–H and O–H groups in total. The maximum atomic E-state index is 12.8. The number of unbranched alkanes of at least 4 members (excludes halogenated alkanes) is 3. The quantitative estimate of drug-likeness (QED) is 0.648. The van der Waals surface area contributed by atoms with E-state index >= 15 is 0 Å². The normalized spacial score (nSPS) is 25.7. The average molecular weight is 296 g/mol. The lowest BCUT2D eigenvalue weighted by Crippen LogP contribution is -2.46. The van der Waals surface area contributed by atoms with E-state index in [0.29, 0.717) is 23.8 Å². The van der Waals surface area contributed by atoms with Crippen LogP contribution in [0.5, 0.6) is 0 Å². The van der Waals surface area contributed by atoms with Crippen molar-refractivity contribution in [2.45, 2.75) is 98.3 Å². The molecule has 0 spiro atoms. The van der Waals surface area contributed by atoms with Gasteiger partial charge in [-0.05, 0) is 25.2 Å². The van der Waals surface area contributed by atoms with Crippen LogP contribution >= 0.6 is 0 Å². The second kappa shape index (κ2) is 8.77. The number of hydrogen-bond acceptors (Lipinski definition) is 2. The molecule has 124 valence electrons. The van der Waals surface area contributed by atoms with Gasteiger partial charge < -0.3 is 4.90 Å². The maximum absolute atomic E-state index is 12.8. The van der Waals surface area contributed by atoms with E-state index in [1.54, 1.807) is 0 Å². The molecule has 4 unspecified atom stereocenters. The van der Waals surface area contributed by atoms with Crippen LogP contribution in [0.15, 0.2) is 0 Å². The topological polar surface area (TPSA) is 32.3 Å². The summed E-state index contributed by atoms with van der Waals surface area (Å²) in [6, 6.07) is 0.365. The van der Waals surface area contributed by atoms with Gasteiger partial charge in [-0.25, -0.2) is 0 Å². The predicted octanol–water partition coefficient (Wildman–Crippen LogP) is 4.17. The first-order valence-corrected chi connectivity index (χ1v) is 9.02. The van der Waals surface area contributed by atoms with Crippen molar-refractivity contribution in [3.8, 4) is 0 Å². The monoisotopic (exact) mass is 296 g/mol. The van der Waals surface area contributed by atoms with E-state index in [1.807, 2.05) is 0 Å². The van der Waals surface area contributed by atoms with E-state index in [1.165, 1.54) is 25.7 Å². The van der Waals surface area contributed by atoms with Gasteiger partial charge in [0.15, 0.2) is 0 Å². The third kappa shape index (κ3) is 4.70. The summed E-state index contributed by atoms with van der Waals surface area (Å²) in [5.41, 5.74) is 0. The molecule has 0 aromatic heterocycles. The lowest BCUT2D eigenvalue weighted by Gasteiger charge is -2.32. The summed E-state index contributed by atoms with van der Waals surface area (Å²) < 4.78 is 0. The van der Waals surface area contributed by atoms with Crippen LogP contribution in [0.3, 0.4) is 0 Å². The van der Waals surface area contributed by atoms with Crippen molar-refractivity contribution >= 4 is 5.91 Å². The summed E-state index contributed by atoms with van der Waals surface area (Å²) in [7, 11) is 0. The molecule has 3 heteroatoms. The van der Waals surface area contributed by atoms with Crippen molar-refractivity contribution in [1.82, 2.24) is 10.2 Å². The summed E-state index contributed by atoms with van der Waals surface area (Å²) in [5.74, 6) is 1.20. The largest absolute Gasteiger partial charge is 0.323 e. The minimum Gasteiger partial charge on any atom is -0.323 e. The number of rotatable bonds is 9. The fraction of sp³-hybridized carbons (Fsp3) is 0.944. The van der Waals surface area contributed by atoms with Gasteiger partial charge in [-0.15, -0.1) is 0 Å². The van der Waals surface area contributed by atoms with E-state index < -0.39 is 0 Å². The molecule has 0 bridgehead atoms. The smallest absolute Gasteiger partial charge is 0.241 e. The number of amides is 1. The summed E-state index contributed by atoms with van der Waals surface area (Å²) >= 11 is 0. The van der Waals surface area contributed by atoms with Crippen LogP contribution in [0, 0.1) is 11.8 Å². The van der Waals surface area contributed by atoms with Crippen molar-refractivity contribution in [2.24, 2.45) is 11.8 Å². The number of hydrogen-bond donors (Lipinski definition) is 1. The zero-order valence-corrected chi connectivity index (χ0v) is 15.0. The molecular weight excluding hydrogens is 260 g/mol. The van der Waals surface area contributed by atoms with E-state index in [9.17, 15) is 4.79 Å². The van der Waals surface area contributed by atoms with E-state index in [2.05, 4.69) is 51.8 Å². The molecule has 21 heavy (non-hydrogen) atoms. The number of carbonyl (C=O) groups is 1. The van der Waals surface area contributed by atoms with Crippen molar-refractivity contribution in [3.05, 3.63) is 0 Å². The first-order valence-electron chi connectivity index (χ1n) is 9.02. The highest BCUT2D eigenvalue weighted by atomic mass is 16.2. The van der Waals surface area contributed by atoms with E-state index in [-0.39, 0.29) is 12.2 Å². The molecule has 0 saturated carbocycles. The predicted molar refractivity (Wildman–Crippen MR) is 90.1 cm³/mol. The minimum atomic E-state index is 0.0143. The van der Waals surface area contributed by atoms with Crippen molar-refractivity contribution in [2.75, 3.05) is 0 Å². The molecule has 3 nitrogen and oxygen atoms in total. The molecule has 0 aromatic carbocycles. The van der Waals surface area contributed by atoms with Gasteiger partial charge in [0.2, 0.25) is 5.91 Å². The highest BCUT2D eigenvalue weighted by Gasteiger charge is 2.43. The Balaban J connectivity index is 2.69. The summed E-state index contributed by atoms with van der Waals surface area (Å²) in [6.45, 7) is 13.2. The van der Waals surface area contributed by atoms with Crippen LogP contribution in [-0.2, 0) is 4.79 Å². The highest BCUT2D eigenvalue weighted by molar-refractivity contribution is 5.85. The van der Waals surface area contributed by atoms with Gasteiger partial charge in [0.25, 0.3) is 0 Å². The van der Waals surface area contributed by atoms with E-state index in [0.717, 1.165) is 12.8 Å².